The molecule has 1 aromatic carbocycles. The van der Waals surface area contributed by atoms with Gasteiger partial charge in [0.1, 0.15) is 5.82 Å². The molecule has 0 saturated carbocycles. The van der Waals surface area contributed by atoms with Crippen molar-refractivity contribution in [2.24, 2.45) is 10.9 Å². The van der Waals surface area contributed by atoms with Gasteiger partial charge in [-0.3, -0.25) is 0 Å². The van der Waals surface area contributed by atoms with Gasteiger partial charge in [-0.15, -0.1) is 24.0 Å². The average molecular weight is 462 g/mol. The summed E-state index contributed by atoms with van der Waals surface area (Å²) in [7, 11) is 0. The predicted molar refractivity (Wildman–Crippen MR) is 114 cm³/mol. The maximum Gasteiger partial charge on any atom is 0.191 e. The third-order valence-electron chi connectivity index (χ3n) is 4.71. The standard InChI is InChI=1S/C19H31FN4.HI/c1-3-21-19(23-15-17-7-5-6-8-18(17)20)22-12-9-16-10-13-24(4-2)14-11-16;/h5-8,16H,3-4,9-15H2,1-2H3,(H2,21,22,23);1H. The van der Waals surface area contributed by atoms with E-state index in [1.807, 2.05) is 13.0 Å². The second-order valence-electron chi connectivity index (χ2n) is 6.38. The van der Waals surface area contributed by atoms with Crippen LogP contribution in [0.15, 0.2) is 29.3 Å². The first-order chi connectivity index (χ1) is 11.7. The summed E-state index contributed by atoms with van der Waals surface area (Å²) in [5.41, 5.74) is 0.627. The van der Waals surface area contributed by atoms with Gasteiger partial charge in [-0.05, 0) is 57.8 Å². The fourth-order valence-electron chi connectivity index (χ4n) is 3.12. The van der Waals surface area contributed by atoms with Crippen LogP contribution in [-0.4, -0.2) is 43.6 Å². The molecule has 4 nitrogen and oxygen atoms in total. The Labute approximate surface area is 168 Å². The van der Waals surface area contributed by atoms with Gasteiger partial charge in [0.05, 0.1) is 6.54 Å². The molecule has 0 aromatic heterocycles. The molecule has 2 rings (SSSR count). The molecule has 0 spiro atoms. The third kappa shape index (κ3) is 7.90. The minimum atomic E-state index is -0.195. The highest BCUT2D eigenvalue weighted by molar-refractivity contribution is 14.0. The SMILES string of the molecule is CCNC(=NCc1ccccc1F)NCCC1CCN(CC)CC1.I. The molecule has 1 saturated heterocycles. The highest BCUT2D eigenvalue weighted by atomic mass is 127. The lowest BCUT2D eigenvalue weighted by Gasteiger charge is -2.31. The van der Waals surface area contributed by atoms with Crippen LogP contribution in [0.2, 0.25) is 0 Å². The number of rotatable bonds is 7. The summed E-state index contributed by atoms with van der Waals surface area (Å²) in [4.78, 5) is 7.02. The summed E-state index contributed by atoms with van der Waals surface area (Å²) >= 11 is 0. The Kier molecular flexibility index (Phi) is 11.0. The highest BCUT2D eigenvalue weighted by Crippen LogP contribution is 2.19. The fraction of sp³-hybridized carbons (Fsp3) is 0.632. The molecule has 0 radical (unpaired) electrons. The third-order valence-corrected chi connectivity index (χ3v) is 4.71. The van der Waals surface area contributed by atoms with Crippen molar-refractivity contribution in [3.8, 4) is 0 Å². The molecular formula is C19H32FIN4. The van der Waals surface area contributed by atoms with Gasteiger partial charge in [0, 0.05) is 18.7 Å². The number of hydrogen-bond acceptors (Lipinski definition) is 2. The summed E-state index contributed by atoms with van der Waals surface area (Å²) in [6, 6.07) is 6.81. The summed E-state index contributed by atoms with van der Waals surface area (Å²) in [6.07, 6.45) is 3.75. The van der Waals surface area contributed by atoms with E-state index in [2.05, 4.69) is 27.4 Å². The van der Waals surface area contributed by atoms with Gasteiger partial charge in [0.15, 0.2) is 5.96 Å². The zero-order valence-corrected chi connectivity index (χ0v) is 17.8. The molecular weight excluding hydrogens is 430 g/mol. The van der Waals surface area contributed by atoms with E-state index in [1.54, 1.807) is 12.1 Å². The van der Waals surface area contributed by atoms with Crippen LogP contribution < -0.4 is 10.6 Å². The summed E-state index contributed by atoms with van der Waals surface area (Å²) in [5.74, 6) is 1.38. The van der Waals surface area contributed by atoms with Crippen LogP contribution in [0.25, 0.3) is 0 Å². The maximum atomic E-state index is 13.7. The van der Waals surface area contributed by atoms with Gasteiger partial charge in [-0.2, -0.15) is 0 Å². The molecule has 0 amide bonds. The lowest BCUT2D eigenvalue weighted by Crippen LogP contribution is -2.39. The van der Waals surface area contributed by atoms with Crippen molar-refractivity contribution in [2.75, 3.05) is 32.7 Å². The minimum absolute atomic E-state index is 0. The Morgan fingerprint density at radius 3 is 2.56 bits per heavy atom. The Balaban J connectivity index is 0.00000312. The van der Waals surface area contributed by atoms with E-state index in [0.717, 1.165) is 31.5 Å². The van der Waals surface area contributed by atoms with Gasteiger partial charge < -0.3 is 15.5 Å². The molecule has 0 atom stereocenters. The second-order valence-corrected chi connectivity index (χ2v) is 6.38. The van der Waals surface area contributed by atoms with Crippen LogP contribution in [0.4, 0.5) is 4.39 Å². The molecule has 0 aliphatic carbocycles. The summed E-state index contributed by atoms with van der Waals surface area (Å²) in [6.45, 7) is 9.97. The zero-order valence-electron chi connectivity index (χ0n) is 15.4. The van der Waals surface area contributed by atoms with Crippen molar-refractivity contribution in [1.82, 2.24) is 15.5 Å². The van der Waals surface area contributed by atoms with E-state index in [9.17, 15) is 4.39 Å². The van der Waals surface area contributed by atoms with Crippen molar-refractivity contribution in [3.63, 3.8) is 0 Å². The molecule has 1 fully saturated rings. The van der Waals surface area contributed by atoms with Gasteiger partial charge in [-0.1, -0.05) is 25.1 Å². The predicted octanol–water partition coefficient (Wildman–Crippen LogP) is 3.62. The smallest absolute Gasteiger partial charge is 0.191 e. The molecule has 25 heavy (non-hydrogen) atoms. The number of nitrogens with zero attached hydrogens (tertiary/aromatic N) is 2. The number of benzene rings is 1. The van der Waals surface area contributed by atoms with E-state index in [4.69, 9.17) is 0 Å². The maximum absolute atomic E-state index is 13.7. The van der Waals surface area contributed by atoms with Gasteiger partial charge in [0.2, 0.25) is 0 Å². The molecule has 1 heterocycles. The Hall–Kier alpha value is -0.890. The van der Waals surface area contributed by atoms with E-state index in [0.29, 0.717) is 12.1 Å². The van der Waals surface area contributed by atoms with Crippen molar-refractivity contribution in [3.05, 3.63) is 35.6 Å². The number of halogens is 2. The van der Waals surface area contributed by atoms with Crippen molar-refractivity contribution in [2.45, 2.75) is 39.7 Å². The average Bonchev–Trinajstić information content (AvgIpc) is 2.61. The van der Waals surface area contributed by atoms with E-state index >= 15 is 0 Å². The molecule has 0 unspecified atom stereocenters. The number of hydrogen-bond donors (Lipinski definition) is 2. The molecule has 142 valence electrons. The number of likely N-dealkylation sites (tertiary alicyclic amines) is 1. The van der Waals surface area contributed by atoms with Crippen LogP contribution in [0, 0.1) is 11.7 Å². The second kappa shape index (κ2) is 12.5. The van der Waals surface area contributed by atoms with Crippen molar-refractivity contribution < 1.29 is 4.39 Å². The lowest BCUT2D eigenvalue weighted by atomic mass is 9.93. The van der Waals surface area contributed by atoms with Gasteiger partial charge in [0.25, 0.3) is 0 Å². The van der Waals surface area contributed by atoms with Crippen LogP contribution in [0.3, 0.4) is 0 Å². The molecule has 1 aliphatic heterocycles. The Morgan fingerprint density at radius 1 is 1.20 bits per heavy atom. The van der Waals surface area contributed by atoms with Gasteiger partial charge >= 0.3 is 0 Å². The van der Waals surface area contributed by atoms with E-state index in [1.165, 1.54) is 38.4 Å². The number of aliphatic imine (C=N–C) groups is 1. The highest BCUT2D eigenvalue weighted by Gasteiger charge is 2.17. The minimum Gasteiger partial charge on any atom is -0.357 e. The first kappa shape index (κ1) is 22.2. The van der Waals surface area contributed by atoms with Crippen LogP contribution in [0.5, 0.6) is 0 Å². The number of piperidine rings is 1. The van der Waals surface area contributed by atoms with Crippen LogP contribution >= 0.6 is 24.0 Å². The first-order valence-electron chi connectivity index (χ1n) is 9.20. The zero-order chi connectivity index (χ0) is 17.2. The van der Waals surface area contributed by atoms with E-state index in [-0.39, 0.29) is 29.8 Å². The monoisotopic (exact) mass is 462 g/mol. The number of nitrogens with one attached hydrogen (secondary N) is 2. The first-order valence-corrected chi connectivity index (χ1v) is 9.20. The molecule has 2 N–H and O–H groups in total. The molecule has 1 aliphatic rings. The van der Waals surface area contributed by atoms with E-state index < -0.39 is 0 Å². The quantitative estimate of drug-likeness (QED) is 0.370. The fourth-order valence-corrected chi connectivity index (χ4v) is 3.12. The summed E-state index contributed by atoms with van der Waals surface area (Å²) in [5, 5.41) is 6.62. The molecule has 6 heteroatoms. The van der Waals surface area contributed by atoms with Crippen molar-refractivity contribution in [1.29, 1.82) is 0 Å². The van der Waals surface area contributed by atoms with Crippen LogP contribution in [0.1, 0.15) is 38.7 Å². The normalized spacial score (nSPS) is 16.4. The summed E-state index contributed by atoms with van der Waals surface area (Å²) < 4.78 is 13.7. The topological polar surface area (TPSA) is 39.7 Å². The molecule has 0 bridgehead atoms. The molecule has 1 aromatic rings. The largest absolute Gasteiger partial charge is 0.357 e. The van der Waals surface area contributed by atoms with Crippen LogP contribution in [-0.2, 0) is 6.54 Å². The Bertz CT molecular complexity index is 516. The lowest BCUT2D eigenvalue weighted by molar-refractivity contribution is 0.187. The van der Waals surface area contributed by atoms with Crippen molar-refractivity contribution >= 4 is 29.9 Å². The number of guanidine groups is 1. The van der Waals surface area contributed by atoms with Gasteiger partial charge in [-0.25, -0.2) is 9.38 Å². The Morgan fingerprint density at radius 2 is 1.92 bits per heavy atom.